The second-order valence-corrected chi connectivity index (χ2v) is 5.16. The van der Waals surface area contributed by atoms with Crippen molar-refractivity contribution in [2.45, 2.75) is 32.8 Å². The Bertz CT molecular complexity index is 217. The van der Waals surface area contributed by atoms with Gasteiger partial charge in [-0.2, -0.15) is 17.0 Å². The van der Waals surface area contributed by atoms with Crippen molar-refractivity contribution in [3.8, 4) is 6.07 Å². The molecule has 2 nitrogen and oxygen atoms in total. The van der Waals surface area contributed by atoms with Crippen LogP contribution in [0.25, 0.3) is 0 Å². The van der Waals surface area contributed by atoms with Crippen LogP contribution in [0.4, 0.5) is 0 Å². The highest BCUT2D eigenvalue weighted by Gasteiger charge is 2.48. The van der Waals surface area contributed by atoms with Crippen molar-refractivity contribution < 1.29 is 4.74 Å². The van der Waals surface area contributed by atoms with Gasteiger partial charge in [0.05, 0.1) is 6.07 Å². The Balaban J connectivity index is 2.87. The summed E-state index contributed by atoms with van der Waals surface area (Å²) < 4.78 is 5.65. The van der Waals surface area contributed by atoms with E-state index < -0.39 is 5.60 Å². The van der Waals surface area contributed by atoms with E-state index in [1.165, 1.54) is 0 Å². The van der Waals surface area contributed by atoms with Crippen molar-refractivity contribution in [3.63, 3.8) is 0 Å². The first-order chi connectivity index (χ1) is 6.08. The van der Waals surface area contributed by atoms with Gasteiger partial charge in [0.1, 0.15) is 0 Å². The van der Waals surface area contributed by atoms with Gasteiger partial charge in [0.2, 0.25) is 0 Å². The van der Waals surface area contributed by atoms with Crippen molar-refractivity contribution in [1.82, 2.24) is 0 Å². The normalized spacial score (nSPS) is 32.5. The Kier molecular flexibility index (Phi) is 3.26. The number of nitriles is 1. The van der Waals surface area contributed by atoms with Crippen LogP contribution in [-0.2, 0) is 4.74 Å². The van der Waals surface area contributed by atoms with Crippen LogP contribution in [-0.4, -0.2) is 23.7 Å². The smallest absolute Gasteiger partial charge is 0.168 e. The highest BCUT2D eigenvalue weighted by molar-refractivity contribution is 7.99. The molecule has 0 aromatic rings. The summed E-state index contributed by atoms with van der Waals surface area (Å²) in [7, 11) is 0. The summed E-state index contributed by atoms with van der Waals surface area (Å²) in [5.41, 5.74) is -0.576. The first kappa shape index (κ1) is 10.9. The van der Waals surface area contributed by atoms with Crippen molar-refractivity contribution in [1.29, 1.82) is 5.26 Å². The molecule has 0 saturated carbocycles. The lowest BCUT2D eigenvalue weighted by Gasteiger charge is -2.44. The largest absolute Gasteiger partial charge is 0.359 e. The fraction of sp³-hybridized carbons (Fsp3) is 0.900. The molecule has 1 heterocycles. The Morgan fingerprint density at radius 3 is 2.69 bits per heavy atom. The van der Waals surface area contributed by atoms with Crippen molar-refractivity contribution >= 4 is 11.8 Å². The molecule has 1 rings (SSSR count). The molecule has 1 fully saturated rings. The molecular weight excluding hydrogens is 182 g/mol. The van der Waals surface area contributed by atoms with Gasteiger partial charge in [-0.1, -0.05) is 13.8 Å². The van der Waals surface area contributed by atoms with Gasteiger partial charge < -0.3 is 4.74 Å². The minimum Gasteiger partial charge on any atom is -0.359 e. The average Bonchev–Trinajstić information content (AvgIpc) is 2.09. The van der Waals surface area contributed by atoms with Crippen molar-refractivity contribution in [2.75, 3.05) is 18.1 Å². The summed E-state index contributed by atoms with van der Waals surface area (Å²) in [4.78, 5) is 0. The SMILES string of the molecule is CCOC1(C#N)CSCCC1(C)C. The molecule has 0 spiro atoms. The Morgan fingerprint density at radius 1 is 1.54 bits per heavy atom. The third kappa shape index (κ3) is 1.84. The van der Waals surface area contributed by atoms with E-state index in [0.717, 1.165) is 17.9 Å². The van der Waals surface area contributed by atoms with E-state index in [4.69, 9.17) is 4.74 Å². The molecule has 0 N–H and O–H groups in total. The molecule has 1 aliphatic heterocycles. The summed E-state index contributed by atoms with van der Waals surface area (Å²) in [6.07, 6.45) is 1.06. The lowest BCUT2D eigenvalue weighted by atomic mass is 9.74. The van der Waals surface area contributed by atoms with Crippen LogP contribution in [0.3, 0.4) is 0 Å². The van der Waals surface area contributed by atoms with Crippen molar-refractivity contribution in [3.05, 3.63) is 0 Å². The van der Waals surface area contributed by atoms with E-state index >= 15 is 0 Å². The third-order valence-electron chi connectivity index (χ3n) is 2.84. The van der Waals surface area contributed by atoms with Crippen LogP contribution in [0.2, 0.25) is 0 Å². The maximum atomic E-state index is 9.22. The van der Waals surface area contributed by atoms with Crippen molar-refractivity contribution in [2.24, 2.45) is 5.41 Å². The lowest BCUT2D eigenvalue weighted by molar-refractivity contribution is -0.0643. The van der Waals surface area contributed by atoms with E-state index in [9.17, 15) is 5.26 Å². The molecule has 0 bridgehead atoms. The molecule has 3 heteroatoms. The highest BCUT2D eigenvalue weighted by atomic mass is 32.2. The summed E-state index contributed by atoms with van der Waals surface area (Å²) >= 11 is 1.82. The zero-order valence-electron chi connectivity index (χ0n) is 8.59. The second kappa shape index (κ2) is 3.89. The molecule has 1 aliphatic rings. The van der Waals surface area contributed by atoms with Crippen LogP contribution in [0, 0.1) is 16.7 Å². The number of rotatable bonds is 2. The quantitative estimate of drug-likeness (QED) is 0.685. The van der Waals surface area contributed by atoms with Crippen LogP contribution in [0.5, 0.6) is 0 Å². The van der Waals surface area contributed by atoms with Crippen LogP contribution < -0.4 is 0 Å². The molecule has 13 heavy (non-hydrogen) atoms. The third-order valence-corrected chi connectivity index (χ3v) is 3.94. The predicted octanol–water partition coefficient (Wildman–Crippen LogP) is 2.45. The van der Waals surface area contributed by atoms with Gasteiger partial charge in [-0.3, -0.25) is 0 Å². The second-order valence-electron chi connectivity index (χ2n) is 4.06. The van der Waals surface area contributed by atoms with E-state index in [-0.39, 0.29) is 5.41 Å². The number of hydrogen-bond donors (Lipinski definition) is 0. The number of hydrogen-bond acceptors (Lipinski definition) is 3. The summed E-state index contributed by atoms with van der Waals surface area (Å²) in [5.74, 6) is 1.95. The van der Waals surface area contributed by atoms with Gasteiger partial charge in [-0.25, -0.2) is 0 Å². The van der Waals surface area contributed by atoms with Gasteiger partial charge in [-0.05, 0) is 19.1 Å². The maximum absolute atomic E-state index is 9.22. The Morgan fingerprint density at radius 2 is 2.23 bits per heavy atom. The van der Waals surface area contributed by atoms with Crippen LogP contribution >= 0.6 is 11.8 Å². The number of nitrogens with zero attached hydrogens (tertiary/aromatic N) is 1. The fourth-order valence-electron chi connectivity index (χ4n) is 1.64. The summed E-state index contributed by atoms with van der Waals surface area (Å²) in [6.45, 7) is 6.84. The minimum atomic E-state index is -0.565. The Hall–Kier alpha value is -0.200. The van der Waals surface area contributed by atoms with Gasteiger partial charge in [0.25, 0.3) is 0 Å². The first-order valence-corrected chi connectivity index (χ1v) is 5.86. The zero-order chi connectivity index (χ0) is 9.95. The molecule has 0 aromatic carbocycles. The van der Waals surface area contributed by atoms with E-state index in [2.05, 4.69) is 19.9 Å². The molecule has 0 aliphatic carbocycles. The van der Waals surface area contributed by atoms with Gasteiger partial charge in [0.15, 0.2) is 5.60 Å². The topological polar surface area (TPSA) is 33.0 Å². The molecule has 74 valence electrons. The molecule has 0 aromatic heterocycles. The molecule has 1 unspecified atom stereocenters. The molecule has 1 atom stereocenters. The van der Waals surface area contributed by atoms with E-state index in [0.29, 0.717) is 6.61 Å². The van der Waals surface area contributed by atoms with Crippen LogP contribution in [0.1, 0.15) is 27.2 Å². The minimum absolute atomic E-state index is 0.0109. The maximum Gasteiger partial charge on any atom is 0.168 e. The zero-order valence-corrected chi connectivity index (χ0v) is 9.41. The summed E-state index contributed by atoms with van der Waals surface area (Å²) in [6, 6.07) is 2.37. The van der Waals surface area contributed by atoms with E-state index in [1.54, 1.807) is 0 Å². The molecule has 0 amide bonds. The lowest BCUT2D eigenvalue weighted by Crippen LogP contribution is -2.51. The predicted molar refractivity (Wildman–Crippen MR) is 55.7 cm³/mol. The standard InChI is InChI=1S/C10H17NOS/c1-4-12-10(7-11)8-13-6-5-9(10,2)3/h4-6,8H2,1-3H3. The first-order valence-electron chi connectivity index (χ1n) is 4.71. The monoisotopic (exact) mass is 199 g/mol. The van der Waals surface area contributed by atoms with Crippen LogP contribution in [0.15, 0.2) is 0 Å². The van der Waals surface area contributed by atoms with Gasteiger partial charge in [-0.15, -0.1) is 0 Å². The van der Waals surface area contributed by atoms with Gasteiger partial charge >= 0.3 is 0 Å². The molecule has 0 radical (unpaired) electrons. The fourth-order valence-corrected chi connectivity index (χ4v) is 3.26. The number of ether oxygens (including phenoxy) is 1. The van der Waals surface area contributed by atoms with Gasteiger partial charge in [0, 0.05) is 17.8 Å². The number of thioether (sulfide) groups is 1. The summed E-state index contributed by atoms with van der Waals surface area (Å²) in [5, 5.41) is 9.22. The highest BCUT2D eigenvalue weighted by Crippen LogP contribution is 2.44. The molecule has 1 saturated heterocycles. The van der Waals surface area contributed by atoms with E-state index in [1.807, 2.05) is 18.7 Å². The molecular formula is C10H17NOS. The Labute approximate surface area is 84.6 Å². The average molecular weight is 199 g/mol.